The topological polar surface area (TPSA) is 45.7 Å². The van der Waals surface area contributed by atoms with Gasteiger partial charge < -0.3 is 15.4 Å². The molecule has 4 nitrogen and oxygen atoms in total. The van der Waals surface area contributed by atoms with Gasteiger partial charge in [-0.05, 0) is 39.7 Å². The summed E-state index contributed by atoms with van der Waals surface area (Å²) in [6, 6.07) is 7.91. The van der Waals surface area contributed by atoms with E-state index in [4.69, 9.17) is 4.74 Å². The van der Waals surface area contributed by atoms with E-state index in [1.807, 2.05) is 45.0 Å². The Morgan fingerprint density at radius 2 is 2.00 bits per heavy atom. The molecule has 2 rings (SSSR count). The van der Waals surface area contributed by atoms with Gasteiger partial charge >= 0.3 is 6.18 Å². The highest BCUT2D eigenvalue weighted by molar-refractivity contribution is 5.80. The molecular weight excluding hydrogens is 343 g/mol. The van der Waals surface area contributed by atoms with Crippen molar-refractivity contribution in [3.05, 3.63) is 29.8 Å². The van der Waals surface area contributed by atoms with Crippen LogP contribution in [0.1, 0.15) is 58.1 Å². The number of aliphatic imine (C=N–C) groups is 1. The lowest BCUT2D eigenvalue weighted by molar-refractivity contribution is -0.135. The number of unbranched alkanes of at least 4 members (excludes halogenated alkanes) is 1. The number of fused-ring (bicyclic) bond motifs is 1. The van der Waals surface area contributed by atoms with Crippen LogP contribution in [-0.2, 0) is 0 Å². The molecule has 1 aromatic rings. The highest BCUT2D eigenvalue weighted by atomic mass is 19.4. The molecule has 0 saturated heterocycles. The number of para-hydroxylation sites is 1. The van der Waals surface area contributed by atoms with Crippen LogP contribution in [0.2, 0.25) is 0 Å². The summed E-state index contributed by atoms with van der Waals surface area (Å²) in [6.45, 7) is 7.09. The van der Waals surface area contributed by atoms with Gasteiger partial charge in [-0.15, -0.1) is 0 Å². The summed E-state index contributed by atoms with van der Waals surface area (Å²) in [5.41, 5.74) is 0.755. The minimum Gasteiger partial charge on any atom is -0.487 e. The highest BCUT2D eigenvalue weighted by Gasteiger charge is 2.34. The van der Waals surface area contributed by atoms with Crippen LogP contribution in [0.4, 0.5) is 13.2 Å². The predicted molar refractivity (Wildman–Crippen MR) is 97.5 cm³/mol. The fraction of sp³-hybridized carbons (Fsp3) is 0.632. The molecule has 1 aliphatic rings. The molecule has 0 saturated carbocycles. The standard InChI is InChI=1S/C19H28F3N3O/c1-4-23-17(24-12-8-7-11-19(20,21)22)25-15-13-18(2,3)26-16-10-6-5-9-14(15)16/h5-6,9-10,15H,4,7-8,11-13H2,1-3H3,(H2,23,24,25). The first-order valence-electron chi connectivity index (χ1n) is 9.10. The second-order valence-corrected chi connectivity index (χ2v) is 7.13. The quantitative estimate of drug-likeness (QED) is 0.437. The van der Waals surface area contributed by atoms with Gasteiger partial charge in [0.05, 0.1) is 6.04 Å². The molecule has 0 bridgehead atoms. The number of rotatable bonds is 6. The number of hydrogen-bond acceptors (Lipinski definition) is 2. The number of guanidine groups is 1. The van der Waals surface area contributed by atoms with Gasteiger partial charge in [0.2, 0.25) is 0 Å². The van der Waals surface area contributed by atoms with Gasteiger partial charge in [-0.2, -0.15) is 13.2 Å². The molecule has 1 aliphatic heterocycles. The third-order valence-corrected chi connectivity index (χ3v) is 4.17. The Morgan fingerprint density at radius 1 is 1.27 bits per heavy atom. The Hall–Kier alpha value is -1.92. The molecule has 1 unspecified atom stereocenters. The monoisotopic (exact) mass is 371 g/mol. The fourth-order valence-corrected chi connectivity index (χ4v) is 3.04. The van der Waals surface area contributed by atoms with E-state index in [1.165, 1.54) is 0 Å². The lowest BCUT2D eigenvalue weighted by Crippen LogP contribution is -2.45. The summed E-state index contributed by atoms with van der Waals surface area (Å²) in [4.78, 5) is 4.43. The maximum Gasteiger partial charge on any atom is 0.389 e. The van der Waals surface area contributed by atoms with Gasteiger partial charge in [0.25, 0.3) is 0 Å². The van der Waals surface area contributed by atoms with Gasteiger partial charge in [0.15, 0.2) is 5.96 Å². The Balaban J connectivity index is 2.01. The molecule has 0 aliphatic carbocycles. The molecule has 26 heavy (non-hydrogen) atoms. The van der Waals surface area contributed by atoms with Crippen molar-refractivity contribution in [1.29, 1.82) is 0 Å². The third kappa shape index (κ3) is 6.42. The number of benzene rings is 1. The molecule has 0 amide bonds. The summed E-state index contributed by atoms with van der Waals surface area (Å²) in [7, 11) is 0. The van der Waals surface area contributed by atoms with E-state index in [1.54, 1.807) is 0 Å². The molecule has 0 fully saturated rings. The number of nitrogens with zero attached hydrogens (tertiary/aromatic N) is 1. The first kappa shape index (κ1) is 20.4. The van der Waals surface area contributed by atoms with Crippen LogP contribution in [-0.4, -0.2) is 30.8 Å². The second kappa shape index (κ2) is 8.64. The van der Waals surface area contributed by atoms with Crippen molar-refractivity contribution in [3.8, 4) is 5.75 Å². The Kier molecular flexibility index (Phi) is 6.78. The largest absolute Gasteiger partial charge is 0.487 e. The molecule has 146 valence electrons. The van der Waals surface area contributed by atoms with Gasteiger partial charge in [0.1, 0.15) is 11.4 Å². The van der Waals surface area contributed by atoms with E-state index < -0.39 is 12.6 Å². The molecule has 0 radical (unpaired) electrons. The van der Waals surface area contributed by atoms with Crippen LogP contribution in [0.3, 0.4) is 0 Å². The predicted octanol–water partition coefficient (Wildman–Crippen LogP) is 4.58. The van der Waals surface area contributed by atoms with Crippen LogP contribution < -0.4 is 15.4 Å². The summed E-state index contributed by atoms with van der Waals surface area (Å²) in [6.07, 6.45) is -3.58. The van der Waals surface area contributed by atoms with Crippen molar-refractivity contribution in [1.82, 2.24) is 10.6 Å². The van der Waals surface area contributed by atoms with Crippen LogP contribution in [0.25, 0.3) is 0 Å². The normalized spacial score (nSPS) is 19.5. The average molecular weight is 371 g/mol. The van der Waals surface area contributed by atoms with Crippen molar-refractivity contribution in [2.45, 2.75) is 64.3 Å². The summed E-state index contributed by atoms with van der Waals surface area (Å²) in [5.74, 6) is 1.47. The van der Waals surface area contributed by atoms with Gasteiger partial charge in [0, 0.05) is 31.5 Å². The van der Waals surface area contributed by atoms with Crippen molar-refractivity contribution in [2.24, 2.45) is 4.99 Å². The maximum atomic E-state index is 12.2. The number of hydrogen-bond donors (Lipinski definition) is 2. The molecule has 2 N–H and O–H groups in total. The van der Waals surface area contributed by atoms with E-state index >= 15 is 0 Å². The lowest BCUT2D eigenvalue weighted by Gasteiger charge is -2.38. The Bertz CT molecular complexity index is 614. The summed E-state index contributed by atoms with van der Waals surface area (Å²) < 4.78 is 42.7. The second-order valence-electron chi connectivity index (χ2n) is 7.13. The van der Waals surface area contributed by atoms with Crippen LogP contribution >= 0.6 is 0 Å². The molecule has 0 aromatic heterocycles. The average Bonchev–Trinajstić information content (AvgIpc) is 2.52. The number of nitrogens with one attached hydrogen (secondary N) is 2. The van der Waals surface area contributed by atoms with Crippen LogP contribution in [0.15, 0.2) is 29.3 Å². The van der Waals surface area contributed by atoms with Gasteiger partial charge in [-0.25, -0.2) is 0 Å². The van der Waals surface area contributed by atoms with Gasteiger partial charge in [-0.3, -0.25) is 4.99 Å². The minimum atomic E-state index is -4.09. The number of ether oxygens (including phenoxy) is 1. The molecule has 7 heteroatoms. The molecular formula is C19H28F3N3O. The SMILES string of the molecule is CCNC(=NCCCCC(F)(F)F)NC1CC(C)(C)Oc2ccccc21. The van der Waals surface area contributed by atoms with Crippen LogP contribution in [0.5, 0.6) is 5.75 Å². The summed E-state index contributed by atoms with van der Waals surface area (Å²) in [5, 5.41) is 6.58. The van der Waals surface area contributed by atoms with Crippen molar-refractivity contribution in [2.75, 3.05) is 13.1 Å². The van der Waals surface area contributed by atoms with Crippen molar-refractivity contribution in [3.63, 3.8) is 0 Å². The lowest BCUT2D eigenvalue weighted by atomic mass is 9.90. The number of halogens is 3. The van der Waals surface area contributed by atoms with Crippen molar-refractivity contribution >= 4 is 5.96 Å². The highest BCUT2D eigenvalue weighted by Crippen LogP contribution is 2.39. The van der Waals surface area contributed by atoms with E-state index in [2.05, 4.69) is 15.6 Å². The smallest absolute Gasteiger partial charge is 0.389 e. The van der Waals surface area contributed by atoms with Crippen LogP contribution in [0, 0.1) is 0 Å². The molecule has 1 atom stereocenters. The maximum absolute atomic E-state index is 12.2. The molecule has 0 spiro atoms. The zero-order valence-electron chi connectivity index (χ0n) is 15.6. The first-order chi connectivity index (χ1) is 12.2. The zero-order valence-corrected chi connectivity index (χ0v) is 15.6. The van der Waals surface area contributed by atoms with Gasteiger partial charge in [-0.1, -0.05) is 18.2 Å². The Labute approximate surface area is 153 Å². The molecule has 1 heterocycles. The zero-order chi connectivity index (χ0) is 19.2. The first-order valence-corrected chi connectivity index (χ1v) is 9.10. The van der Waals surface area contributed by atoms with E-state index in [9.17, 15) is 13.2 Å². The third-order valence-electron chi connectivity index (χ3n) is 4.17. The fourth-order valence-electron chi connectivity index (χ4n) is 3.04. The summed E-state index contributed by atoms with van der Waals surface area (Å²) >= 11 is 0. The number of alkyl halides is 3. The molecule has 1 aromatic carbocycles. The van der Waals surface area contributed by atoms with Crippen molar-refractivity contribution < 1.29 is 17.9 Å². The van der Waals surface area contributed by atoms with E-state index in [-0.39, 0.29) is 18.1 Å². The van der Waals surface area contributed by atoms with E-state index in [0.717, 1.165) is 17.7 Å². The Morgan fingerprint density at radius 3 is 2.69 bits per heavy atom. The van der Waals surface area contributed by atoms with E-state index in [0.29, 0.717) is 25.5 Å². The minimum absolute atomic E-state index is 0.0305.